The zero-order valence-corrected chi connectivity index (χ0v) is 17.0. The number of fused-ring (bicyclic) bond motifs is 3. The van der Waals surface area contributed by atoms with E-state index >= 15 is 0 Å². The van der Waals surface area contributed by atoms with Crippen molar-refractivity contribution in [2.45, 2.75) is 45.1 Å². The molecule has 1 saturated heterocycles. The van der Waals surface area contributed by atoms with E-state index in [2.05, 4.69) is 10.4 Å². The molecule has 0 aromatic carbocycles. The molecule has 4 heterocycles. The predicted octanol–water partition coefficient (Wildman–Crippen LogP) is 4.26. The summed E-state index contributed by atoms with van der Waals surface area (Å²) in [5.74, 6) is -0.111. The van der Waals surface area contributed by atoms with E-state index in [4.69, 9.17) is 14.9 Å². The number of piperidine rings is 1. The molecule has 148 valence electrons. The van der Waals surface area contributed by atoms with Crippen molar-refractivity contribution in [1.82, 2.24) is 9.88 Å². The predicted molar refractivity (Wildman–Crippen MR) is 108 cm³/mol. The Hall–Kier alpha value is -2.61. The highest BCUT2D eigenvalue weighted by atomic mass is 32.1. The van der Waals surface area contributed by atoms with Gasteiger partial charge in [0, 0.05) is 18.5 Å². The molecule has 3 aromatic heterocycles. The van der Waals surface area contributed by atoms with E-state index in [0.29, 0.717) is 24.6 Å². The first-order valence-corrected chi connectivity index (χ1v) is 10.2. The lowest BCUT2D eigenvalue weighted by molar-refractivity contribution is 0.0205. The topological polar surface area (TPSA) is 98.7 Å². The van der Waals surface area contributed by atoms with Crippen molar-refractivity contribution in [3.63, 3.8) is 0 Å². The summed E-state index contributed by atoms with van der Waals surface area (Å²) >= 11 is 1.60. The number of rotatable bonds is 2. The Morgan fingerprint density at radius 3 is 2.68 bits per heavy atom. The fourth-order valence-corrected chi connectivity index (χ4v) is 4.72. The van der Waals surface area contributed by atoms with Crippen molar-refractivity contribution in [3.05, 3.63) is 29.0 Å². The van der Waals surface area contributed by atoms with Gasteiger partial charge in [0.1, 0.15) is 5.60 Å². The number of thiophene rings is 1. The summed E-state index contributed by atoms with van der Waals surface area (Å²) in [5, 5.41) is 2.99. The number of carbonyl (C=O) groups excluding carboxylic acids is 2. The van der Waals surface area contributed by atoms with Crippen molar-refractivity contribution in [1.29, 1.82) is 0 Å². The van der Waals surface area contributed by atoms with Gasteiger partial charge in [-0.2, -0.15) is 0 Å². The van der Waals surface area contributed by atoms with Gasteiger partial charge in [0.2, 0.25) is 0 Å². The van der Waals surface area contributed by atoms with Crippen LogP contribution in [0.1, 0.15) is 55.6 Å². The van der Waals surface area contributed by atoms with E-state index in [9.17, 15) is 9.59 Å². The number of likely N-dealkylation sites (tertiary alicyclic amines) is 1. The maximum absolute atomic E-state index is 12.3. The van der Waals surface area contributed by atoms with Crippen LogP contribution < -0.4 is 5.73 Å². The Labute approximate surface area is 166 Å². The molecule has 0 bridgehead atoms. The molecule has 7 nitrogen and oxygen atoms in total. The number of carbonyl (C=O) groups is 2. The lowest BCUT2D eigenvalue weighted by Gasteiger charge is -2.33. The fraction of sp³-hybridized carbons (Fsp3) is 0.450. The Kier molecular flexibility index (Phi) is 4.53. The maximum Gasteiger partial charge on any atom is 0.410 e. The summed E-state index contributed by atoms with van der Waals surface area (Å²) in [6, 6.07) is 1.69. The molecule has 1 aliphatic heterocycles. The lowest BCUT2D eigenvalue weighted by Crippen LogP contribution is -2.41. The van der Waals surface area contributed by atoms with Crippen molar-refractivity contribution in [3.8, 4) is 0 Å². The van der Waals surface area contributed by atoms with Gasteiger partial charge >= 0.3 is 6.09 Å². The summed E-state index contributed by atoms with van der Waals surface area (Å²) in [7, 11) is 0. The standard InChI is InChI=1S/C20H23N3O4S/c1-20(2,3)27-19(25)23-6-4-11(5-7-23)13-10-28-17-12-8-14(18(21)24)26-15(12)9-22-16(13)17/h8-11H,4-7H2,1-3H3,(H2,21,24). The summed E-state index contributed by atoms with van der Waals surface area (Å²) in [6.07, 6.45) is 3.13. The third-order valence-electron chi connectivity index (χ3n) is 4.94. The van der Waals surface area contributed by atoms with Crippen LogP contribution in [0.25, 0.3) is 21.2 Å². The second kappa shape index (κ2) is 6.77. The molecule has 0 aliphatic carbocycles. The normalized spacial score (nSPS) is 16.0. The molecule has 1 fully saturated rings. The lowest BCUT2D eigenvalue weighted by atomic mass is 9.90. The molecule has 4 rings (SSSR count). The average molecular weight is 401 g/mol. The minimum Gasteiger partial charge on any atom is -0.449 e. The molecule has 2 amide bonds. The van der Waals surface area contributed by atoms with Crippen LogP contribution in [0.4, 0.5) is 4.79 Å². The van der Waals surface area contributed by atoms with E-state index in [-0.39, 0.29) is 11.9 Å². The number of amides is 2. The quantitative estimate of drug-likeness (QED) is 0.692. The maximum atomic E-state index is 12.3. The first-order chi connectivity index (χ1) is 13.2. The Balaban J connectivity index is 1.55. The highest BCUT2D eigenvalue weighted by Crippen LogP contribution is 2.39. The zero-order valence-electron chi connectivity index (χ0n) is 16.2. The minimum absolute atomic E-state index is 0.143. The van der Waals surface area contributed by atoms with Gasteiger partial charge < -0.3 is 19.8 Å². The molecular formula is C20H23N3O4S. The fourth-order valence-electron chi connectivity index (χ4n) is 3.60. The van der Waals surface area contributed by atoms with Gasteiger partial charge in [-0.25, -0.2) is 4.79 Å². The van der Waals surface area contributed by atoms with Crippen molar-refractivity contribution in [2.24, 2.45) is 5.73 Å². The van der Waals surface area contributed by atoms with Gasteiger partial charge in [-0.3, -0.25) is 9.78 Å². The van der Waals surface area contributed by atoms with Crippen LogP contribution in [0.15, 0.2) is 22.1 Å². The van der Waals surface area contributed by atoms with Gasteiger partial charge in [0.15, 0.2) is 11.3 Å². The van der Waals surface area contributed by atoms with Crippen molar-refractivity contribution < 1.29 is 18.7 Å². The smallest absolute Gasteiger partial charge is 0.410 e. The number of nitrogens with two attached hydrogens (primary N) is 1. The van der Waals surface area contributed by atoms with Gasteiger partial charge in [0.05, 0.1) is 16.4 Å². The number of furan rings is 1. The zero-order chi connectivity index (χ0) is 20.1. The summed E-state index contributed by atoms with van der Waals surface area (Å²) in [4.78, 5) is 30.0. The number of aromatic nitrogens is 1. The molecule has 0 unspecified atom stereocenters. The Morgan fingerprint density at radius 2 is 2.04 bits per heavy atom. The number of hydrogen-bond acceptors (Lipinski definition) is 6. The van der Waals surface area contributed by atoms with Crippen LogP contribution in [0.2, 0.25) is 0 Å². The molecular weight excluding hydrogens is 378 g/mol. The van der Waals surface area contributed by atoms with Crippen LogP contribution in [0.5, 0.6) is 0 Å². The minimum atomic E-state index is -0.587. The molecule has 28 heavy (non-hydrogen) atoms. The molecule has 0 spiro atoms. The van der Waals surface area contributed by atoms with Crippen LogP contribution in [0, 0.1) is 0 Å². The second-order valence-electron chi connectivity index (χ2n) is 8.12. The number of nitrogens with zero attached hydrogens (tertiary/aromatic N) is 2. The van der Waals surface area contributed by atoms with E-state index in [1.807, 2.05) is 20.8 Å². The van der Waals surface area contributed by atoms with Crippen molar-refractivity contribution in [2.75, 3.05) is 13.1 Å². The molecule has 8 heteroatoms. The number of pyridine rings is 1. The average Bonchev–Trinajstić information content (AvgIpc) is 3.24. The van der Waals surface area contributed by atoms with Crippen LogP contribution >= 0.6 is 11.3 Å². The number of hydrogen-bond donors (Lipinski definition) is 1. The van der Waals surface area contributed by atoms with Gasteiger partial charge in [-0.15, -0.1) is 11.3 Å². The second-order valence-corrected chi connectivity index (χ2v) is 9.00. The highest BCUT2D eigenvalue weighted by molar-refractivity contribution is 7.18. The first kappa shape index (κ1) is 18.7. The Morgan fingerprint density at radius 1 is 1.32 bits per heavy atom. The number of primary amides is 1. The van der Waals surface area contributed by atoms with Gasteiger partial charge in [0.25, 0.3) is 5.91 Å². The largest absolute Gasteiger partial charge is 0.449 e. The summed E-state index contributed by atoms with van der Waals surface area (Å²) in [6.45, 7) is 6.95. The van der Waals surface area contributed by atoms with E-state index in [0.717, 1.165) is 28.4 Å². The van der Waals surface area contributed by atoms with Gasteiger partial charge in [-0.05, 0) is 56.5 Å². The summed E-state index contributed by atoms with van der Waals surface area (Å²) < 4.78 is 12.0. The molecule has 0 atom stereocenters. The van der Waals surface area contributed by atoms with Gasteiger partial charge in [-0.1, -0.05) is 0 Å². The van der Waals surface area contributed by atoms with Crippen molar-refractivity contribution >= 4 is 44.5 Å². The Bertz CT molecular complexity index is 1050. The van der Waals surface area contributed by atoms with E-state index in [1.54, 1.807) is 28.5 Å². The SMILES string of the molecule is CC(C)(C)OC(=O)N1CCC(c2csc3c2ncc2oc(C(N)=O)cc23)CC1. The van der Waals surface area contributed by atoms with E-state index in [1.165, 1.54) is 5.56 Å². The summed E-state index contributed by atoms with van der Waals surface area (Å²) in [5.41, 5.74) is 7.53. The number of ether oxygens (including phenoxy) is 1. The monoisotopic (exact) mass is 401 g/mol. The van der Waals surface area contributed by atoms with E-state index < -0.39 is 11.5 Å². The molecule has 1 aliphatic rings. The molecule has 0 saturated carbocycles. The van der Waals surface area contributed by atoms with Crippen LogP contribution in [-0.2, 0) is 4.74 Å². The molecule has 3 aromatic rings. The van der Waals surface area contributed by atoms with Crippen LogP contribution in [0.3, 0.4) is 0 Å². The molecule has 0 radical (unpaired) electrons. The van der Waals surface area contributed by atoms with Crippen LogP contribution in [-0.4, -0.2) is 40.6 Å². The molecule has 2 N–H and O–H groups in total. The third-order valence-corrected chi connectivity index (χ3v) is 5.96. The first-order valence-electron chi connectivity index (χ1n) is 9.30. The third kappa shape index (κ3) is 3.44. The highest BCUT2D eigenvalue weighted by Gasteiger charge is 2.29.